The van der Waals surface area contributed by atoms with Crippen molar-refractivity contribution in [1.29, 1.82) is 5.26 Å². The number of hydrogen-bond acceptors (Lipinski definition) is 3. The maximum absolute atomic E-state index is 10.6. The van der Waals surface area contributed by atoms with Crippen molar-refractivity contribution in [3.05, 3.63) is 29.8 Å². The molecule has 0 saturated heterocycles. The van der Waals surface area contributed by atoms with E-state index in [1.165, 1.54) is 6.92 Å². The third-order valence-corrected chi connectivity index (χ3v) is 1.79. The fourth-order valence-electron chi connectivity index (χ4n) is 1.00. The van der Waals surface area contributed by atoms with Gasteiger partial charge in [-0.05, 0) is 19.1 Å². The lowest BCUT2D eigenvalue weighted by Gasteiger charge is -2.11. The molecule has 1 atom stereocenters. The average Bonchev–Trinajstić information content (AvgIpc) is 2.18. The third kappa shape index (κ3) is 2.23. The molecule has 0 bridgehead atoms. The SMILES string of the molecule is C[C@H](Nc1ccccc1C#N)C(=O)O. The first-order valence-corrected chi connectivity index (χ1v) is 4.13. The predicted octanol–water partition coefficient (Wildman–Crippen LogP) is 1.44. The Balaban J connectivity index is 2.87. The normalized spacial score (nSPS) is 11.4. The number of para-hydroxylation sites is 1. The molecular formula is C10H10N2O2. The van der Waals surface area contributed by atoms with Crippen molar-refractivity contribution in [2.75, 3.05) is 5.32 Å². The molecule has 0 fully saturated rings. The minimum atomic E-state index is -0.947. The van der Waals surface area contributed by atoms with Crippen molar-refractivity contribution in [3.63, 3.8) is 0 Å². The van der Waals surface area contributed by atoms with E-state index in [2.05, 4.69) is 5.32 Å². The van der Waals surface area contributed by atoms with Gasteiger partial charge in [-0.15, -0.1) is 0 Å². The number of rotatable bonds is 3. The first-order chi connectivity index (χ1) is 6.65. The van der Waals surface area contributed by atoms with Crippen LogP contribution in [-0.4, -0.2) is 17.1 Å². The molecule has 0 amide bonds. The van der Waals surface area contributed by atoms with Crippen LogP contribution in [0.1, 0.15) is 12.5 Å². The summed E-state index contributed by atoms with van der Waals surface area (Å²) in [4.78, 5) is 10.6. The van der Waals surface area contributed by atoms with Crippen molar-refractivity contribution in [3.8, 4) is 6.07 Å². The molecule has 0 unspecified atom stereocenters. The molecule has 4 nitrogen and oxygen atoms in total. The Hall–Kier alpha value is -2.02. The van der Waals surface area contributed by atoms with Gasteiger partial charge in [-0.25, -0.2) is 0 Å². The standard InChI is InChI=1S/C10H10N2O2/c1-7(10(13)14)12-9-5-3-2-4-8(9)6-11/h2-5,7,12H,1H3,(H,13,14)/t7-/m0/s1. The summed E-state index contributed by atoms with van der Waals surface area (Å²) in [6.07, 6.45) is 0. The molecule has 72 valence electrons. The minimum absolute atomic E-state index is 0.445. The maximum Gasteiger partial charge on any atom is 0.325 e. The lowest BCUT2D eigenvalue weighted by Crippen LogP contribution is -2.25. The van der Waals surface area contributed by atoms with E-state index in [1.807, 2.05) is 6.07 Å². The molecule has 1 aromatic rings. The van der Waals surface area contributed by atoms with Crippen LogP contribution < -0.4 is 5.32 Å². The molecule has 0 spiro atoms. The van der Waals surface area contributed by atoms with Gasteiger partial charge in [-0.3, -0.25) is 4.79 Å². The van der Waals surface area contributed by atoms with Crippen molar-refractivity contribution in [2.24, 2.45) is 0 Å². The molecule has 4 heteroatoms. The number of carbonyl (C=O) groups is 1. The first kappa shape index (κ1) is 10.1. The van der Waals surface area contributed by atoms with Crippen LogP contribution in [0.4, 0.5) is 5.69 Å². The summed E-state index contributed by atoms with van der Waals surface area (Å²) in [5.41, 5.74) is 0.991. The van der Waals surface area contributed by atoms with Gasteiger partial charge in [0.1, 0.15) is 12.1 Å². The molecule has 1 rings (SSSR count). The van der Waals surface area contributed by atoms with Gasteiger partial charge >= 0.3 is 5.97 Å². The molecule has 0 aliphatic rings. The number of nitrogens with zero attached hydrogens (tertiary/aromatic N) is 1. The van der Waals surface area contributed by atoms with E-state index in [0.29, 0.717) is 11.3 Å². The third-order valence-electron chi connectivity index (χ3n) is 1.79. The summed E-state index contributed by atoms with van der Waals surface area (Å²) in [6.45, 7) is 1.52. The monoisotopic (exact) mass is 190 g/mol. The number of carboxylic acids is 1. The summed E-state index contributed by atoms with van der Waals surface area (Å²) in [6, 6.07) is 8.07. The Morgan fingerprint density at radius 2 is 2.21 bits per heavy atom. The van der Waals surface area contributed by atoms with Gasteiger partial charge in [0.25, 0.3) is 0 Å². The second kappa shape index (κ2) is 4.28. The Kier molecular flexibility index (Phi) is 3.08. The number of nitrogens with one attached hydrogen (secondary N) is 1. The summed E-state index contributed by atoms with van der Waals surface area (Å²) in [5, 5.41) is 20.1. The van der Waals surface area contributed by atoms with E-state index in [4.69, 9.17) is 10.4 Å². The molecule has 0 saturated carbocycles. The van der Waals surface area contributed by atoms with Gasteiger partial charge < -0.3 is 10.4 Å². The van der Waals surface area contributed by atoms with E-state index in [-0.39, 0.29) is 0 Å². The van der Waals surface area contributed by atoms with E-state index >= 15 is 0 Å². The zero-order valence-electron chi connectivity index (χ0n) is 7.69. The first-order valence-electron chi connectivity index (χ1n) is 4.13. The van der Waals surface area contributed by atoms with Gasteiger partial charge in [0, 0.05) is 0 Å². The van der Waals surface area contributed by atoms with Crippen LogP contribution in [0.25, 0.3) is 0 Å². The summed E-state index contributed by atoms with van der Waals surface area (Å²) < 4.78 is 0. The number of aliphatic carboxylic acids is 1. The average molecular weight is 190 g/mol. The van der Waals surface area contributed by atoms with E-state index in [0.717, 1.165) is 0 Å². The highest BCUT2D eigenvalue weighted by atomic mass is 16.4. The van der Waals surface area contributed by atoms with E-state index in [1.54, 1.807) is 24.3 Å². The fraction of sp³-hybridized carbons (Fsp3) is 0.200. The van der Waals surface area contributed by atoms with Crippen LogP contribution in [-0.2, 0) is 4.79 Å². The Labute approximate surface area is 81.8 Å². The Morgan fingerprint density at radius 1 is 1.57 bits per heavy atom. The van der Waals surface area contributed by atoms with Crippen LogP contribution in [0.2, 0.25) is 0 Å². The molecule has 0 radical (unpaired) electrons. The van der Waals surface area contributed by atoms with E-state index < -0.39 is 12.0 Å². The minimum Gasteiger partial charge on any atom is -0.480 e. The highest BCUT2D eigenvalue weighted by molar-refractivity contribution is 5.77. The quantitative estimate of drug-likeness (QED) is 0.756. The van der Waals surface area contributed by atoms with Gasteiger partial charge in [0.15, 0.2) is 0 Å². The van der Waals surface area contributed by atoms with Crippen molar-refractivity contribution in [2.45, 2.75) is 13.0 Å². The Bertz CT molecular complexity index is 382. The highest BCUT2D eigenvalue weighted by Crippen LogP contribution is 2.14. The number of benzene rings is 1. The highest BCUT2D eigenvalue weighted by Gasteiger charge is 2.11. The van der Waals surface area contributed by atoms with Crippen LogP contribution >= 0.6 is 0 Å². The Morgan fingerprint density at radius 3 is 2.79 bits per heavy atom. The van der Waals surface area contributed by atoms with Crippen LogP contribution in [0, 0.1) is 11.3 Å². The zero-order valence-corrected chi connectivity index (χ0v) is 7.69. The summed E-state index contributed by atoms with van der Waals surface area (Å²) in [7, 11) is 0. The molecular weight excluding hydrogens is 180 g/mol. The molecule has 0 aliphatic heterocycles. The molecule has 0 heterocycles. The summed E-state index contributed by atoms with van der Waals surface area (Å²) in [5.74, 6) is -0.947. The van der Waals surface area contributed by atoms with Crippen LogP contribution in [0.15, 0.2) is 24.3 Å². The number of hydrogen-bond donors (Lipinski definition) is 2. The fourth-order valence-corrected chi connectivity index (χ4v) is 1.00. The van der Waals surface area contributed by atoms with Crippen LogP contribution in [0.5, 0.6) is 0 Å². The smallest absolute Gasteiger partial charge is 0.325 e. The maximum atomic E-state index is 10.6. The number of anilines is 1. The molecule has 0 aliphatic carbocycles. The summed E-state index contributed by atoms with van der Waals surface area (Å²) >= 11 is 0. The van der Waals surface area contributed by atoms with Gasteiger partial charge in [-0.2, -0.15) is 5.26 Å². The number of carboxylic acid groups (broad SMARTS) is 1. The largest absolute Gasteiger partial charge is 0.480 e. The molecule has 2 N–H and O–H groups in total. The van der Waals surface area contributed by atoms with Gasteiger partial charge in [0.05, 0.1) is 11.3 Å². The second-order valence-electron chi connectivity index (χ2n) is 2.86. The van der Waals surface area contributed by atoms with Crippen molar-refractivity contribution >= 4 is 11.7 Å². The lowest BCUT2D eigenvalue weighted by molar-refractivity contribution is -0.137. The van der Waals surface area contributed by atoms with Gasteiger partial charge in [-0.1, -0.05) is 12.1 Å². The van der Waals surface area contributed by atoms with E-state index in [9.17, 15) is 4.79 Å². The van der Waals surface area contributed by atoms with Crippen molar-refractivity contribution < 1.29 is 9.90 Å². The van der Waals surface area contributed by atoms with Gasteiger partial charge in [0.2, 0.25) is 0 Å². The molecule has 1 aromatic carbocycles. The zero-order chi connectivity index (χ0) is 10.6. The molecule has 14 heavy (non-hydrogen) atoms. The topological polar surface area (TPSA) is 73.1 Å². The van der Waals surface area contributed by atoms with Crippen LogP contribution in [0.3, 0.4) is 0 Å². The molecule has 0 aromatic heterocycles. The van der Waals surface area contributed by atoms with Crippen molar-refractivity contribution in [1.82, 2.24) is 0 Å². The predicted molar refractivity (Wildman–Crippen MR) is 51.9 cm³/mol. The lowest BCUT2D eigenvalue weighted by atomic mass is 10.2. The second-order valence-corrected chi connectivity index (χ2v) is 2.86. The number of nitriles is 1.